The molecular weight excluding hydrogens is 236 g/mol. The Morgan fingerprint density at radius 3 is 2.89 bits per heavy atom. The molecular formula is C11H18N4O3. The van der Waals surface area contributed by atoms with Crippen molar-refractivity contribution in [1.29, 1.82) is 5.26 Å². The highest BCUT2D eigenvalue weighted by Crippen LogP contribution is 2.19. The van der Waals surface area contributed by atoms with Crippen molar-refractivity contribution in [1.82, 2.24) is 15.0 Å². The fraction of sp³-hybridized carbons (Fsp3) is 0.727. The first-order valence-corrected chi connectivity index (χ1v) is 5.75. The van der Waals surface area contributed by atoms with E-state index in [1.807, 2.05) is 6.92 Å². The Balaban J connectivity index is 2.74. The number of methoxy groups -OCH3 is 1. The van der Waals surface area contributed by atoms with E-state index in [2.05, 4.69) is 16.4 Å². The number of nitrogens with zero attached hydrogens (tertiary/aromatic N) is 4. The first kappa shape index (κ1) is 14.6. The summed E-state index contributed by atoms with van der Waals surface area (Å²) in [6, 6.07) is 2.06. The number of aliphatic hydroxyl groups is 1. The van der Waals surface area contributed by atoms with Crippen molar-refractivity contribution in [3.8, 4) is 6.07 Å². The summed E-state index contributed by atoms with van der Waals surface area (Å²) in [4.78, 5) is 0. The number of rotatable bonds is 8. The van der Waals surface area contributed by atoms with Crippen LogP contribution in [0, 0.1) is 11.3 Å². The maximum absolute atomic E-state index is 8.73. The van der Waals surface area contributed by atoms with Gasteiger partial charge in [-0.3, -0.25) is 0 Å². The van der Waals surface area contributed by atoms with Gasteiger partial charge < -0.3 is 14.6 Å². The van der Waals surface area contributed by atoms with E-state index in [-0.39, 0.29) is 19.1 Å². The van der Waals surface area contributed by atoms with Crippen LogP contribution in [0.15, 0.2) is 0 Å². The summed E-state index contributed by atoms with van der Waals surface area (Å²) in [7, 11) is 1.60. The van der Waals surface area contributed by atoms with Crippen LogP contribution in [0.2, 0.25) is 0 Å². The normalized spacial score (nSPS) is 12.3. The fourth-order valence-corrected chi connectivity index (χ4v) is 1.60. The van der Waals surface area contributed by atoms with Crippen molar-refractivity contribution in [2.24, 2.45) is 0 Å². The van der Waals surface area contributed by atoms with E-state index < -0.39 is 0 Å². The SMILES string of the molecule is COC(C)c1c(CC#N)nnn1CCOCCO. The van der Waals surface area contributed by atoms with Gasteiger partial charge in [-0.05, 0) is 6.92 Å². The Morgan fingerprint density at radius 2 is 2.28 bits per heavy atom. The van der Waals surface area contributed by atoms with Gasteiger partial charge in [0.15, 0.2) is 0 Å². The van der Waals surface area contributed by atoms with Gasteiger partial charge in [-0.2, -0.15) is 5.26 Å². The van der Waals surface area contributed by atoms with Crippen LogP contribution >= 0.6 is 0 Å². The average molecular weight is 254 g/mol. The molecule has 1 rings (SSSR count). The van der Waals surface area contributed by atoms with E-state index >= 15 is 0 Å². The van der Waals surface area contributed by atoms with E-state index in [4.69, 9.17) is 19.8 Å². The summed E-state index contributed by atoms with van der Waals surface area (Å²) < 4.78 is 12.1. The molecule has 0 aromatic carbocycles. The summed E-state index contributed by atoms with van der Waals surface area (Å²) in [6.45, 7) is 3.12. The molecule has 1 aromatic heterocycles. The lowest BCUT2D eigenvalue weighted by Gasteiger charge is -2.13. The lowest BCUT2D eigenvalue weighted by molar-refractivity contribution is 0.0792. The van der Waals surface area contributed by atoms with Crippen LogP contribution in [0.1, 0.15) is 24.4 Å². The van der Waals surface area contributed by atoms with Crippen molar-refractivity contribution in [2.75, 3.05) is 26.9 Å². The van der Waals surface area contributed by atoms with E-state index in [1.54, 1.807) is 11.8 Å². The van der Waals surface area contributed by atoms with E-state index in [0.717, 1.165) is 5.69 Å². The van der Waals surface area contributed by atoms with Crippen molar-refractivity contribution >= 4 is 0 Å². The summed E-state index contributed by atoms with van der Waals surface area (Å²) in [5, 5.41) is 25.3. The van der Waals surface area contributed by atoms with Crippen LogP contribution in [0.5, 0.6) is 0 Å². The molecule has 0 aliphatic carbocycles. The van der Waals surface area contributed by atoms with Crippen LogP contribution in [-0.4, -0.2) is 47.0 Å². The largest absolute Gasteiger partial charge is 0.394 e. The summed E-state index contributed by atoms with van der Waals surface area (Å²) in [5.41, 5.74) is 1.43. The third-order valence-corrected chi connectivity index (χ3v) is 2.52. The van der Waals surface area contributed by atoms with Gasteiger partial charge in [0.2, 0.25) is 0 Å². The van der Waals surface area contributed by atoms with Gasteiger partial charge in [-0.15, -0.1) is 5.10 Å². The predicted molar refractivity (Wildman–Crippen MR) is 62.7 cm³/mol. The molecule has 0 fully saturated rings. The monoisotopic (exact) mass is 254 g/mol. The predicted octanol–water partition coefficient (Wildman–Crippen LogP) is 0.0605. The minimum absolute atomic E-state index is 0.00162. The second kappa shape index (κ2) is 7.76. The van der Waals surface area contributed by atoms with E-state index in [9.17, 15) is 0 Å². The average Bonchev–Trinajstić information content (AvgIpc) is 2.77. The smallest absolute Gasteiger partial charge is 0.103 e. The molecule has 100 valence electrons. The third-order valence-electron chi connectivity index (χ3n) is 2.52. The minimum Gasteiger partial charge on any atom is -0.394 e. The Kier molecular flexibility index (Phi) is 6.28. The van der Waals surface area contributed by atoms with E-state index in [1.165, 1.54) is 0 Å². The zero-order valence-corrected chi connectivity index (χ0v) is 10.7. The number of nitriles is 1. The Morgan fingerprint density at radius 1 is 1.50 bits per heavy atom. The number of hydrogen-bond acceptors (Lipinski definition) is 6. The highest BCUT2D eigenvalue weighted by Gasteiger charge is 2.18. The molecule has 1 atom stereocenters. The fourth-order valence-electron chi connectivity index (χ4n) is 1.60. The standard InChI is InChI=1S/C11H18N4O3/c1-9(17-2)11-10(3-4-12)13-14-15(11)5-7-18-8-6-16/h9,16H,3,5-8H2,1-2H3. The summed E-state index contributed by atoms with van der Waals surface area (Å²) in [6.07, 6.45) is 0.0294. The van der Waals surface area contributed by atoms with Gasteiger partial charge in [0.25, 0.3) is 0 Å². The lowest BCUT2D eigenvalue weighted by Crippen LogP contribution is -2.15. The van der Waals surface area contributed by atoms with Gasteiger partial charge in [0.05, 0.1) is 50.7 Å². The number of hydrogen-bond donors (Lipinski definition) is 1. The molecule has 1 N–H and O–H groups in total. The molecule has 0 amide bonds. The zero-order valence-electron chi connectivity index (χ0n) is 10.7. The summed E-state index contributed by atoms with van der Waals surface area (Å²) >= 11 is 0. The molecule has 7 heteroatoms. The molecule has 0 bridgehead atoms. The zero-order chi connectivity index (χ0) is 13.4. The number of aliphatic hydroxyl groups excluding tert-OH is 1. The van der Waals surface area contributed by atoms with Gasteiger partial charge in [0.1, 0.15) is 5.69 Å². The quantitative estimate of drug-likeness (QED) is 0.659. The molecule has 0 saturated carbocycles. The van der Waals surface area contributed by atoms with Crippen LogP contribution < -0.4 is 0 Å². The van der Waals surface area contributed by atoms with Crippen LogP contribution in [0.4, 0.5) is 0 Å². The van der Waals surface area contributed by atoms with E-state index in [0.29, 0.717) is 25.5 Å². The third kappa shape index (κ3) is 3.77. The number of ether oxygens (including phenoxy) is 2. The Hall–Kier alpha value is -1.49. The minimum atomic E-state index is -0.179. The van der Waals surface area contributed by atoms with Crippen LogP contribution in [-0.2, 0) is 22.4 Å². The van der Waals surface area contributed by atoms with Gasteiger partial charge in [0, 0.05) is 7.11 Å². The molecule has 0 aliphatic heterocycles. The second-order valence-corrected chi connectivity index (χ2v) is 3.69. The van der Waals surface area contributed by atoms with Crippen molar-refractivity contribution in [3.63, 3.8) is 0 Å². The topological polar surface area (TPSA) is 93.2 Å². The van der Waals surface area contributed by atoms with Crippen LogP contribution in [0.3, 0.4) is 0 Å². The first-order chi connectivity index (χ1) is 8.74. The molecule has 0 aliphatic rings. The molecule has 1 aromatic rings. The number of aromatic nitrogens is 3. The molecule has 0 saturated heterocycles. The van der Waals surface area contributed by atoms with Crippen molar-refractivity contribution < 1.29 is 14.6 Å². The van der Waals surface area contributed by atoms with Crippen molar-refractivity contribution in [2.45, 2.75) is 26.0 Å². The lowest BCUT2D eigenvalue weighted by atomic mass is 10.2. The highest BCUT2D eigenvalue weighted by molar-refractivity contribution is 5.16. The maximum atomic E-state index is 8.73. The molecule has 1 heterocycles. The summed E-state index contributed by atoms with van der Waals surface area (Å²) in [5.74, 6) is 0. The van der Waals surface area contributed by atoms with Crippen LogP contribution in [0.25, 0.3) is 0 Å². The van der Waals surface area contributed by atoms with Gasteiger partial charge in [-0.25, -0.2) is 4.68 Å². The first-order valence-electron chi connectivity index (χ1n) is 5.75. The molecule has 18 heavy (non-hydrogen) atoms. The second-order valence-electron chi connectivity index (χ2n) is 3.69. The molecule has 1 unspecified atom stereocenters. The van der Waals surface area contributed by atoms with Crippen molar-refractivity contribution in [3.05, 3.63) is 11.4 Å². The maximum Gasteiger partial charge on any atom is 0.103 e. The molecule has 0 spiro atoms. The molecule has 0 radical (unpaired) electrons. The molecule has 7 nitrogen and oxygen atoms in total. The van der Waals surface area contributed by atoms with Gasteiger partial charge >= 0.3 is 0 Å². The highest BCUT2D eigenvalue weighted by atomic mass is 16.5. The Bertz CT molecular complexity index is 399. The van der Waals surface area contributed by atoms with Gasteiger partial charge in [-0.1, -0.05) is 5.21 Å². The Labute approximate surface area is 106 Å².